The van der Waals surface area contributed by atoms with E-state index in [4.69, 9.17) is 4.74 Å². The van der Waals surface area contributed by atoms with Crippen LogP contribution in [0, 0.1) is 0 Å². The molecule has 2 N–H and O–H groups in total. The van der Waals surface area contributed by atoms with E-state index in [0.29, 0.717) is 12.4 Å². The third kappa shape index (κ3) is 5.11. The Labute approximate surface area is 114 Å². The molecule has 0 radical (unpaired) electrons. The molecule has 0 aliphatic heterocycles. The largest absolute Gasteiger partial charge is 0.465 e. The summed E-state index contributed by atoms with van der Waals surface area (Å²) >= 11 is 0. The fourth-order valence-corrected chi connectivity index (χ4v) is 1.46. The molecule has 0 spiro atoms. The van der Waals surface area contributed by atoms with Crippen LogP contribution >= 0.6 is 0 Å². The smallest absolute Gasteiger partial charge is 0.325 e. The van der Waals surface area contributed by atoms with Gasteiger partial charge in [0.2, 0.25) is 0 Å². The highest BCUT2D eigenvalue weighted by Crippen LogP contribution is 2.16. The van der Waals surface area contributed by atoms with Crippen molar-refractivity contribution in [3.8, 4) is 0 Å². The van der Waals surface area contributed by atoms with Crippen molar-refractivity contribution in [2.45, 2.75) is 33.6 Å². The second-order valence-electron chi connectivity index (χ2n) is 4.34. The molecular formula is C13H22N4O2. The highest BCUT2D eigenvalue weighted by atomic mass is 16.5. The van der Waals surface area contributed by atoms with Crippen molar-refractivity contribution >= 4 is 17.6 Å². The summed E-state index contributed by atoms with van der Waals surface area (Å²) in [6.45, 7) is 9.11. The van der Waals surface area contributed by atoms with Gasteiger partial charge < -0.3 is 15.4 Å². The normalized spacial score (nSPS) is 10.4. The summed E-state index contributed by atoms with van der Waals surface area (Å²) in [6.07, 6.45) is 0. The zero-order chi connectivity index (χ0) is 14.3. The zero-order valence-corrected chi connectivity index (χ0v) is 12.0. The van der Waals surface area contributed by atoms with E-state index < -0.39 is 0 Å². The first-order chi connectivity index (χ1) is 9.06. The molecule has 0 atom stereocenters. The van der Waals surface area contributed by atoms with Gasteiger partial charge in [-0.1, -0.05) is 13.8 Å². The number of nitrogens with one attached hydrogen (secondary N) is 2. The topological polar surface area (TPSA) is 76.1 Å². The van der Waals surface area contributed by atoms with E-state index in [1.54, 1.807) is 13.0 Å². The predicted molar refractivity (Wildman–Crippen MR) is 75.4 cm³/mol. The van der Waals surface area contributed by atoms with Crippen LogP contribution in [0.2, 0.25) is 0 Å². The minimum atomic E-state index is -0.294. The molecule has 0 fully saturated rings. The lowest BCUT2D eigenvalue weighted by molar-refractivity contribution is -0.140. The molecule has 1 aromatic rings. The first kappa shape index (κ1) is 15.2. The minimum Gasteiger partial charge on any atom is -0.465 e. The highest BCUT2D eigenvalue weighted by molar-refractivity contribution is 5.74. The van der Waals surface area contributed by atoms with Crippen LogP contribution in [0.15, 0.2) is 6.07 Å². The van der Waals surface area contributed by atoms with Gasteiger partial charge in [-0.15, -0.1) is 0 Å². The number of ether oxygens (including phenoxy) is 1. The molecule has 0 amide bonds. The number of anilines is 2. The van der Waals surface area contributed by atoms with Crippen LogP contribution in [-0.4, -0.2) is 35.6 Å². The molecule has 1 aromatic heterocycles. The average Bonchev–Trinajstić information content (AvgIpc) is 2.37. The molecule has 0 saturated carbocycles. The van der Waals surface area contributed by atoms with Crippen molar-refractivity contribution in [2.24, 2.45) is 0 Å². The van der Waals surface area contributed by atoms with Crippen LogP contribution in [0.5, 0.6) is 0 Å². The highest BCUT2D eigenvalue weighted by Gasteiger charge is 2.09. The first-order valence-electron chi connectivity index (χ1n) is 6.59. The van der Waals surface area contributed by atoms with E-state index in [1.807, 2.05) is 20.8 Å². The minimum absolute atomic E-state index is 0.105. The molecule has 0 aromatic carbocycles. The molecule has 0 saturated heterocycles. The fourth-order valence-electron chi connectivity index (χ4n) is 1.46. The Morgan fingerprint density at radius 2 is 1.89 bits per heavy atom. The van der Waals surface area contributed by atoms with Crippen molar-refractivity contribution < 1.29 is 9.53 Å². The molecule has 1 rings (SSSR count). The van der Waals surface area contributed by atoms with Crippen LogP contribution < -0.4 is 10.6 Å². The van der Waals surface area contributed by atoms with Crippen molar-refractivity contribution in [3.63, 3.8) is 0 Å². The monoisotopic (exact) mass is 266 g/mol. The first-order valence-corrected chi connectivity index (χ1v) is 6.59. The second kappa shape index (κ2) is 7.56. The van der Waals surface area contributed by atoms with Crippen molar-refractivity contribution in [1.82, 2.24) is 9.97 Å². The maximum Gasteiger partial charge on any atom is 0.325 e. The number of hydrogen-bond acceptors (Lipinski definition) is 6. The molecule has 0 bridgehead atoms. The Bertz CT molecular complexity index is 421. The Balaban J connectivity index is 2.78. The Hall–Kier alpha value is -1.85. The summed E-state index contributed by atoms with van der Waals surface area (Å²) in [6, 6.07) is 1.79. The SMILES string of the molecule is CCNc1cc(NCC(=O)OCC)nc(C(C)C)n1. The van der Waals surface area contributed by atoms with Gasteiger partial charge in [-0.3, -0.25) is 4.79 Å². The van der Waals surface area contributed by atoms with Gasteiger partial charge in [0.25, 0.3) is 0 Å². The lowest BCUT2D eigenvalue weighted by atomic mass is 10.2. The van der Waals surface area contributed by atoms with Crippen molar-refractivity contribution in [3.05, 3.63) is 11.9 Å². The van der Waals surface area contributed by atoms with Crippen LogP contribution in [0.3, 0.4) is 0 Å². The second-order valence-corrected chi connectivity index (χ2v) is 4.34. The number of hydrogen-bond donors (Lipinski definition) is 2. The average molecular weight is 266 g/mol. The van der Waals surface area contributed by atoms with Crippen LogP contribution in [0.1, 0.15) is 39.4 Å². The number of esters is 1. The molecule has 0 aliphatic rings. The third-order valence-electron chi connectivity index (χ3n) is 2.34. The van der Waals surface area contributed by atoms with E-state index in [2.05, 4.69) is 20.6 Å². The van der Waals surface area contributed by atoms with Gasteiger partial charge in [-0.2, -0.15) is 0 Å². The summed E-state index contributed by atoms with van der Waals surface area (Å²) < 4.78 is 4.86. The fraction of sp³-hybridized carbons (Fsp3) is 0.615. The standard InChI is InChI=1S/C13H22N4O2/c1-5-14-10-7-11(15-8-12(18)19-6-2)17-13(16-10)9(3)4/h7,9H,5-6,8H2,1-4H3,(H2,14,15,16,17). The maximum absolute atomic E-state index is 11.3. The van der Waals surface area contributed by atoms with E-state index >= 15 is 0 Å². The van der Waals surface area contributed by atoms with Crippen LogP contribution in [0.25, 0.3) is 0 Å². The molecule has 106 valence electrons. The molecule has 0 unspecified atom stereocenters. The third-order valence-corrected chi connectivity index (χ3v) is 2.34. The van der Waals surface area contributed by atoms with Crippen LogP contribution in [0.4, 0.5) is 11.6 Å². The molecular weight excluding hydrogens is 244 g/mol. The summed E-state index contributed by atoms with van der Waals surface area (Å²) in [4.78, 5) is 20.1. The van der Waals surface area contributed by atoms with Gasteiger partial charge in [0.05, 0.1) is 6.61 Å². The summed E-state index contributed by atoms with van der Waals surface area (Å²) in [5.74, 6) is 2.05. The van der Waals surface area contributed by atoms with Gasteiger partial charge in [-0.25, -0.2) is 9.97 Å². The van der Waals surface area contributed by atoms with Crippen LogP contribution in [-0.2, 0) is 9.53 Å². The van der Waals surface area contributed by atoms with Gasteiger partial charge in [0.1, 0.15) is 24.0 Å². The zero-order valence-electron chi connectivity index (χ0n) is 12.0. The Morgan fingerprint density at radius 3 is 2.42 bits per heavy atom. The number of aromatic nitrogens is 2. The lowest BCUT2D eigenvalue weighted by Gasteiger charge is -2.11. The summed E-state index contributed by atoms with van der Waals surface area (Å²) in [5.41, 5.74) is 0. The predicted octanol–water partition coefficient (Wildman–Crippen LogP) is 2.01. The molecule has 0 aliphatic carbocycles. The summed E-state index contributed by atoms with van der Waals surface area (Å²) in [5, 5.41) is 6.11. The molecule has 19 heavy (non-hydrogen) atoms. The van der Waals surface area contributed by atoms with E-state index in [1.165, 1.54) is 0 Å². The maximum atomic E-state index is 11.3. The number of nitrogens with zero attached hydrogens (tertiary/aromatic N) is 2. The van der Waals surface area contributed by atoms with Gasteiger partial charge in [-0.05, 0) is 13.8 Å². The van der Waals surface area contributed by atoms with E-state index in [0.717, 1.165) is 18.2 Å². The lowest BCUT2D eigenvalue weighted by Crippen LogP contribution is -2.18. The number of rotatable bonds is 7. The Kier molecular flexibility index (Phi) is 6.05. The molecule has 6 nitrogen and oxygen atoms in total. The van der Waals surface area contributed by atoms with Crippen molar-refractivity contribution in [2.75, 3.05) is 30.3 Å². The van der Waals surface area contributed by atoms with E-state index in [-0.39, 0.29) is 18.4 Å². The quantitative estimate of drug-likeness (QED) is 0.735. The van der Waals surface area contributed by atoms with E-state index in [9.17, 15) is 4.79 Å². The Morgan fingerprint density at radius 1 is 1.26 bits per heavy atom. The molecule has 1 heterocycles. The summed E-state index contributed by atoms with van der Waals surface area (Å²) in [7, 11) is 0. The van der Waals surface area contributed by atoms with Gasteiger partial charge >= 0.3 is 5.97 Å². The van der Waals surface area contributed by atoms with Gasteiger partial charge in [0.15, 0.2) is 0 Å². The van der Waals surface area contributed by atoms with Crippen molar-refractivity contribution in [1.29, 1.82) is 0 Å². The van der Waals surface area contributed by atoms with Gasteiger partial charge in [0, 0.05) is 18.5 Å². The number of carbonyl (C=O) groups excluding carboxylic acids is 1. The molecule has 6 heteroatoms. The number of carbonyl (C=O) groups is 1.